The second-order valence-corrected chi connectivity index (χ2v) is 9.89. The zero-order chi connectivity index (χ0) is 24.0. The lowest BCUT2D eigenvalue weighted by Gasteiger charge is -2.60. The topological polar surface area (TPSA) is 134 Å². The van der Waals surface area contributed by atoms with Crippen LogP contribution >= 0.6 is 0 Å². The quantitative estimate of drug-likeness (QED) is 0.404. The number of fused-ring (bicyclic) bond motifs is 2. The number of pyridine rings is 1. The van der Waals surface area contributed by atoms with Crippen LogP contribution in [0.4, 0.5) is 0 Å². The first-order chi connectivity index (χ1) is 15.6. The number of hydrogen-bond donors (Lipinski definition) is 5. The Morgan fingerprint density at radius 1 is 1.15 bits per heavy atom. The van der Waals surface area contributed by atoms with Crippen LogP contribution in [0, 0.1) is 12.8 Å². The Bertz CT molecular complexity index is 828. The Morgan fingerprint density at radius 2 is 1.91 bits per heavy atom. The first-order valence-corrected chi connectivity index (χ1v) is 12.0. The van der Waals surface area contributed by atoms with Crippen molar-refractivity contribution in [2.75, 3.05) is 7.05 Å². The molecule has 0 amide bonds. The van der Waals surface area contributed by atoms with Crippen molar-refractivity contribution < 1.29 is 34.6 Å². The van der Waals surface area contributed by atoms with E-state index in [-0.39, 0.29) is 18.9 Å². The average Bonchev–Trinajstić information content (AvgIpc) is 2.75. The molecule has 1 saturated carbocycles. The molecule has 1 aliphatic carbocycles. The van der Waals surface area contributed by atoms with Crippen LogP contribution in [0.2, 0.25) is 0 Å². The number of nitrogens with zero attached hydrogens (tertiary/aromatic N) is 1. The van der Waals surface area contributed by atoms with E-state index < -0.39 is 54.1 Å². The summed E-state index contributed by atoms with van der Waals surface area (Å²) in [5.74, 6) is -2.56. The molecule has 2 saturated heterocycles. The fourth-order valence-corrected chi connectivity index (χ4v) is 5.84. The number of likely N-dealkylation sites (N-methyl/N-ethyl adjacent to an activating group) is 1. The molecule has 186 valence electrons. The summed E-state index contributed by atoms with van der Waals surface area (Å²) in [6.45, 7) is 5.64. The fourth-order valence-electron chi connectivity index (χ4n) is 5.84. The highest BCUT2D eigenvalue weighted by Crippen LogP contribution is 2.49. The monoisotopic (exact) mass is 466 g/mol. The lowest BCUT2D eigenvalue weighted by molar-refractivity contribution is -0.485. The fraction of sp³-hybridized carbons (Fsp3) is 0.792. The number of hydrogen-bond acceptors (Lipinski definition) is 9. The van der Waals surface area contributed by atoms with Crippen LogP contribution in [0.1, 0.15) is 50.9 Å². The third-order valence-electron chi connectivity index (χ3n) is 7.60. The van der Waals surface area contributed by atoms with Gasteiger partial charge in [-0.25, -0.2) is 0 Å². The molecule has 0 radical (unpaired) electrons. The number of aryl methyl sites for hydroxylation is 2. The van der Waals surface area contributed by atoms with Gasteiger partial charge in [0.25, 0.3) is 0 Å². The summed E-state index contributed by atoms with van der Waals surface area (Å²) < 4.78 is 18.1. The van der Waals surface area contributed by atoms with Crippen molar-refractivity contribution in [3.63, 3.8) is 0 Å². The molecule has 3 heterocycles. The van der Waals surface area contributed by atoms with Crippen LogP contribution in [0.3, 0.4) is 0 Å². The smallest absolute Gasteiger partial charge is 0.248 e. The summed E-state index contributed by atoms with van der Waals surface area (Å²) >= 11 is 0. The molecule has 33 heavy (non-hydrogen) atoms. The predicted molar refractivity (Wildman–Crippen MR) is 119 cm³/mol. The molecule has 0 spiro atoms. The molecule has 9 nitrogen and oxygen atoms in total. The lowest BCUT2D eigenvalue weighted by Crippen LogP contribution is -2.78. The van der Waals surface area contributed by atoms with Gasteiger partial charge in [-0.3, -0.25) is 4.98 Å². The molecule has 5 N–H and O–H groups in total. The average molecular weight is 467 g/mol. The van der Waals surface area contributed by atoms with Gasteiger partial charge in [0.1, 0.15) is 17.8 Å². The minimum atomic E-state index is -2.14. The number of aromatic nitrogens is 1. The summed E-state index contributed by atoms with van der Waals surface area (Å²) in [6.07, 6.45) is -3.04. The van der Waals surface area contributed by atoms with Crippen molar-refractivity contribution in [3.8, 4) is 0 Å². The van der Waals surface area contributed by atoms with Gasteiger partial charge in [-0.1, -0.05) is 13.0 Å². The molecule has 2 aliphatic heterocycles. The van der Waals surface area contributed by atoms with E-state index in [0.717, 1.165) is 11.4 Å². The van der Waals surface area contributed by atoms with Gasteiger partial charge in [-0.15, -0.1) is 0 Å². The van der Waals surface area contributed by atoms with Crippen molar-refractivity contribution in [2.24, 2.45) is 5.92 Å². The van der Waals surface area contributed by atoms with Crippen LogP contribution in [0.15, 0.2) is 18.2 Å². The molecule has 0 bridgehead atoms. The third kappa shape index (κ3) is 4.34. The van der Waals surface area contributed by atoms with E-state index in [1.165, 1.54) is 0 Å². The van der Waals surface area contributed by atoms with Gasteiger partial charge in [0, 0.05) is 23.7 Å². The largest absolute Gasteiger partial charge is 0.391 e. The van der Waals surface area contributed by atoms with Gasteiger partial charge in [0.05, 0.1) is 24.4 Å². The zero-order valence-corrected chi connectivity index (χ0v) is 19.8. The van der Waals surface area contributed by atoms with E-state index in [1.54, 1.807) is 7.05 Å². The summed E-state index contributed by atoms with van der Waals surface area (Å²) in [5.41, 5.74) is 0.208. The predicted octanol–water partition coefficient (Wildman–Crippen LogP) is 0.401. The van der Waals surface area contributed by atoms with Gasteiger partial charge in [-0.2, -0.15) is 0 Å². The molecular formula is C24H38N2O7. The highest BCUT2D eigenvalue weighted by Gasteiger charge is 2.68. The lowest BCUT2D eigenvalue weighted by atomic mass is 9.73. The van der Waals surface area contributed by atoms with Gasteiger partial charge in [0.2, 0.25) is 12.1 Å². The third-order valence-corrected chi connectivity index (χ3v) is 7.60. The second-order valence-electron chi connectivity index (χ2n) is 9.89. The molecule has 0 aromatic carbocycles. The number of aliphatic hydroxyl groups is 4. The van der Waals surface area contributed by atoms with Crippen LogP contribution in [-0.4, -0.2) is 86.7 Å². The standard InChI is InChI=1S/C24H38N2O7/c1-5-16-18(27)17(25-4)20-21(19(16)28)32-22-24(30,33-20)23(29,12-14(3)31-22)11-7-10-15-9-6-8-13(2)26-15/h6,8-9,14,16-22,25,27-30H,5,7,10-12H2,1-4H3/t14-,16-,17+,18+,19+,20-,21-,22+,23+,24-/m1/s1. The summed E-state index contributed by atoms with van der Waals surface area (Å²) in [4.78, 5) is 4.51. The molecule has 3 aliphatic rings. The van der Waals surface area contributed by atoms with E-state index in [2.05, 4.69) is 10.3 Å². The number of ether oxygens (including phenoxy) is 3. The molecule has 3 fully saturated rings. The van der Waals surface area contributed by atoms with Crippen molar-refractivity contribution in [3.05, 3.63) is 29.6 Å². The van der Waals surface area contributed by atoms with Crippen molar-refractivity contribution in [2.45, 2.75) is 107 Å². The Morgan fingerprint density at radius 3 is 2.58 bits per heavy atom. The first-order valence-electron chi connectivity index (χ1n) is 12.0. The zero-order valence-electron chi connectivity index (χ0n) is 19.8. The Labute approximate surface area is 195 Å². The van der Waals surface area contributed by atoms with Crippen LogP contribution in [0.5, 0.6) is 0 Å². The molecule has 10 atom stereocenters. The van der Waals surface area contributed by atoms with E-state index in [9.17, 15) is 20.4 Å². The maximum Gasteiger partial charge on any atom is 0.248 e. The maximum atomic E-state index is 11.7. The highest BCUT2D eigenvalue weighted by atomic mass is 16.8. The van der Waals surface area contributed by atoms with Crippen molar-refractivity contribution in [1.29, 1.82) is 0 Å². The van der Waals surface area contributed by atoms with Crippen molar-refractivity contribution >= 4 is 0 Å². The first kappa shape index (κ1) is 24.9. The van der Waals surface area contributed by atoms with Gasteiger partial charge < -0.3 is 40.0 Å². The van der Waals surface area contributed by atoms with E-state index >= 15 is 0 Å². The normalized spacial score (nSPS) is 45.3. The van der Waals surface area contributed by atoms with Crippen molar-refractivity contribution in [1.82, 2.24) is 10.3 Å². The number of nitrogens with one attached hydrogen (secondary N) is 1. The van der Waals surface area contributed by atoms with Gasteiger partial charge in [-0.05, 0) is 58.7 Å². The Hall–Kier alpha value is -1.17. The van der Waals surface area contributed by atoms with E-state index in [0.29, 0.717) is 19.3 Å². The van der Waals surface area contributed by atoms with E-state index in [4.69, 9.17) is 14.2 Å². The summed E-state index contributed by atoms with van der Waals surface area (Å²) in [5, 5.41) is 48.2. The van der Waals surface area contributed by atoms with Crippen LogP contribution in [-0.2, 0) is 20.6 Å². The Kier molecular flexibility index (Phi) is 7.15. The Balaban J connectivity index is 1.57. The molecule has 0 unspecified atom stereocenters. The number of rotatable bonds is 6. The molecule has 1 aromatic heterocycles. The minimum Gasteiger partial charge on any atom is -0.391 e. The second kappa shape index (κ2) is 9.47. The van der Waals surface area contributed by atoms with Gasteiger partial charge >= 0.3 is 0 Å². The maximum absolute atomic E-state index is 11.7. The molecular weight excluding hydrogens is 428 g/mol. The van der Waals surface area contributed by atoms with Crippen LogP contribution < -0.4 is 5.32 Å². The van der Waals surface area contributed by atoms with E-state index in [1.807, 2.05) is 39.0 Å². The van der Waals surface area contributed by atoms with Crippen LogP contribution in [0.25, 0.3) is 0 Å². The number of aliphatic hydroxyl groups excluding tert-OH is 2. The highest BCUT2D eigenvalue weighted by molar-refractivity contribution is 5.12. The minimum absolute atomic E-state index is 0.162. The SMILES string of the molecule is CC[C@@H]1[C@H](O)[C@H](NC)[C@H]2O[C@]3(O)[C@H](O[C@@H]2[C@H]1O)O[C@H](C)C[C@@]3(O)CCCc1cccc(C)n1. The summed E-state index contributed by atoms with van der Waals surface area (Å²) in [6, 6.07) is 5.24. The summed E-state index contributed by atoms with van der Waals surface area (Å²) in [7, 11) is 1.69. The molecule has 9 heteroatoms. The molecule has 4 rings (SSSR count). The molecule has 1 aromatic rings. The van der Waals surface area contributed by atoms with Gasteiger partial charge in [0.15, 0.2) is 0 Å².